The first-order chi connectivity index (χ1) is 5.45. The second-order valence-corrected chi connectivity index (χ2v) is 3.90. The molecule has 0 aromatic carbocycles. The lowest BCUT2D eigenvalue weighted by atomic mass is 9.92. The first-order valence-corrected chi connectivity index (χ1v) is 3.90. The fourth-order valence-electron chi connectivity index (χ4n) is 0.938. The molecular weight excluding hydrogens is 150 g/mol. The summed E-state index contributed by atoms with van der Waals surface area (Å²) in [5, 5.41) is 12.9. The molecule has 0 atom stereocenters. The molecule has 0 bridgehead atoms. The topological polar surface area (TPSA) is 41.6 Å². The minimum absolute atomic E-state index is 0.0207. The Hall–Kier alpha value is -1.30. The van der Waals surface area contributed by atoms with Crippen molar-refractivity contribution in [1.29, 1.82) is 5.26 Å². The third-order valence-corrected chi connectivity index (χ3v) is 1.76. The van der Waals surface area contributed by atoms with E-state index in [1.807, 2.05) is 6.07 Å². The molecule has 1 rings (SSSR count). The zero-order valence-electron chi connectivity index (χ0n) is 7.92. The van der Waals surface area contributed by atoms with Gasteiger partial charge in [0, 0.05) is 12.5 Å². The van der Waals surface area contributed by atoms with Gasteiger partial charge in [-0.1, -0.05) is 20.8 Å². The van der Waals surface area contributed by atoms with Crippen molar-refractivity contribution in [2.75, 3.05) is 0 Å². The third kappa shape index (κ3) is 1.48. The number of aryl methyl sites for hydroxylation is 1. The van der Waals surface area contributed by atoms with Gasteiger partial charge in [0.1, 0.15) is 11.8 Å². The van der Waals surface area contributed by atoms with Crippen molar-refractivity contribution in [3.63, 3.8) is 0 Å². The smallest absolute Gasteiger partial charge is 0.138 e. The van der Waals surface area contributed by atoms with Crippen molar-refractivity contribution in [1.82, 2.24) is 9.78 Å². The summed E-state index contributed by atoms with van der Waals surface area (Å²) in [6, 6.07) is 3.92. The van der Waals surface area contributed by atoms with E-state index >= 15 is 0 Å². The van der Waals surface area contributed by atoms with Crippen LogP contribution >= 0.6 is 0 Å². The van der Waals surface area contributed by atoms with Gasteiger partial charge in [0.05, 0.1) is 5.69 Å². The highest BCUT2D eigenvalue weighted by molar-refractivity contribution is 5.26. The van der Waals surface area contributed by atoms with E-state index in [9.17, 15) is 0 Å². The lowest BCUT2D eigenvalue weighted by Crippen LogP contribution is -2.12. The van der Waals surface area contributed by atoms with Gasteiger partial charge in [-0.2, -0.15) is 10.4 Å². The van der Waals surface area contributed by atoms with E-state index in [2.05, 4.69) is 31.9 Å². The van der Waals surface area contributed by atoms with Gasteiger partial charge in [0.25, 0.3) is 0 Å². The second-order valence-electron chi connectivity index (χ2n) is 3.90. The highest BCUT2D eigenvalue weighted by Crippen LogP contribution is 2.20. The maximum atomic E-state index is 8.69. The van der Waals surface area contributed by atoms with Crippen LogP contribution in [-0.4, -0.2) is 9.78 Å². The van der Waals surface area contributed by atoms with Gasteiger partial charge >= 0.3 is 0 Å². The molecule has 0 fully saturated rings. The molecule has 0 N–H and O–H groups in total. The Balaban J connectivity index is 3.16. The van der Waals surface area contributed by atoms with Crippen LogP contribution in [0.15, 0.2) is 6.07 Å². The molecule has 0 amide bonds. The van der Waals surface area contributed by atoms with Crippen molar-refractivity contribution in [2.24, 2.45) is 7.05 Å². The average Bonchev–Trinajstić information content (AvgIpc) is 2.29. The Kier molecular flexibility index (Phi) is 1.93. The Morgan fingerprint density at radius 1 is 1.50 bits per heavy atom. The molecule has 0 aliphatic carbocycles. The van der Waals surface area contributed by atoms with E-state index in [0.29, 0.717) is 5.69 Å². The Labute approximate surface area is 72.6 Å². The Morgan fingerprint density at radius 3 is 2.33 bits per heavy atom. The molecule has 1 heterocycles. The first kappa shape index (κ1) is 8.79. The van der Waals surface area contributed by atoms with Gasteiger partial charge in [-0.05, 0) is 6.07 Å². The van der Waals surface area contributed by atoms with Crippen LogP contribution in [0, 0.1) is 11.3 Å². The number of nitrogens with zero attached hydrogens (tertiary/aromatic N) is 3. The molecule has 0 spiro atoms. The Morgan fingerprint density at radius 2 is 2.08 bits per heavy atom. The fourth-order valence-corrected chi connectivity index (χ4v) is 0.938. The molecule has 1 aromatic rings. The maximum absolute atomic E-state index is 8.69. The zero-order chi connectivity index (χ0) is 9.35. The largest absolute Gasteiger partial charge is 0.258 e. The van der Waals surface area contributed by atoms with Crippen LogP contribution in [0.5, 0.6) is 0 Å². The molecule has 3 nitrogen and oxygen atoms in total. The molecule has 0 aliphatic heterocycles. The lowest BCUT2D eigenvalue weighted by Gasteiger charge is -2.13. The number of nitriles is 1. The second kappa shape index (κ2) is 2.63. The summed E-state index contributed by atoms with van der Waals surface area (Å²) in [5.41, 5.74) is 1.59. The van der Waals surface area contributed by atoms with E-state index in [1.165, 1.54) is 0 Å². The van der Waals surface area contributed by atoms with Crippen molar-refractivity contribution in [3.8, 4) is 6.07 Å². The molecular formula is C9H13N3. The van der Waals surface area contributed by atoms with Crippen molar-refractivity contribution in [3.05, 3.63) is 17.5 Å². The highest BCUT2D eigenvalue weighted by atomic mass is 15.3. The van der Waals surface area contributed by atoms with Gasteiger partial charge in [-0.3, -0.25) is 4.68 Å². The highest BCUT2D eigenvalue weighted by Gasteiger charge is 2.18. The molecule has 12 heavy (non-hydrogen) atoms. The summed E-state index contributed by atoms with van der Waals surface area (Å²) in [6.07, 6.45) is 0. The SMILES string of the molecule is Cn1nc(C(C)(C)C)cc1C#N. The molecule has 0 aliphatic rings. The lowest BCUT2D eigenvalue weighted by molar-refractivity contribution is 0.552. The maximum Gasteiger partial charge on any atom is 0.138 e. The standard InChI is InChI=1S/C9H13N3/c1-9(2,3)8-5-7(6-10)12(4)11-8/h5H,1-4H3. The quantitative estimate of drug-likeness (QED) is 0.582. The van der Waals surface area contributed by atoms with Gasteiger partial charge < -0.3 is 0 Å². The van der Waals surface area contributed by atoms with E-state index in [-0.39, 0.29) is 5.41 Å². The predicted molar refractivity (Wildman–Crippen MR) is 46.6 cm³/mol. The van der Waals surface area contributed by atoms with Crippen LogP contribution in [0.4, 0.5) is 0 Å². The van der Waals surface area contributed by atoms with Gasteiger partial charge in [-0.15, -0.1) is 0 Å². The summed E-state index contributed by atoms with van der Waals surface area (Å²) in [6.45, 7) is 6.24. The number of hydrogen-bond acceptors (Lipinski definition) is 2. The minimum Gasteiger partial charge on any atom is -0.258 e. The van der Waals surface area contributed by atoms with Crippen LogP contribution in [0.1, 0.15) is 32.2 Å². The van der Waals surface area contributed by atoms with Crippen molar-refractivity contribution >= 4 is 0 Å². The van der Waals surface area contributed by atoms with Crippen LogP contribution in [0.3, 0.4) is 0 Å². The molecule has 1 aromatic heterocycles. The minimum atomic E-state index is 0.0207. The summed E-state index contributed by atoms with van der Waals surface area (Å²) < 4.78 is 1.61. The number of hydrogen-bond donors (Lipinski definition) is 0. The van der Waals surface area contributed by atoms with Crippen LogP contribution < -0.4 is 0 Å². The normalized spacial score (nSPS) is 11.2. The van der Waals surface area contributed by atoms with Crippen LogP contribution in [0.25, 0.3) is 0 Å². The van der Waals surface area contributed by atoms with Crippen molar-refractivity contribution in [2.45, 2.75) is 26.2 Å². The summed E-state index contributed by atoms with van der Waals surface area (Å²) in [5.74, 6) is 0. The van der Waals surface area contributed by atoms with Gasteiger partial charge in [0.2, 0.25) is 0 Å². The summed E-state index contributed by atoms with van der Waals surface area (Å²) in [7, 11) is 1.79. The van der Waals surface area contributed by atoms with E-state index in [1.54, 1.807) is 11.7 Å². The molecule has 64 valence electrons. The van der Waals surface area contributed by atoms with E-state index in [0.717, 1.165) is 5.69 Å². The average molecular weight is 163 g/mol. The molecule has 0 saturated heterocycles. The monoisotopic (exact) mass is 163 g/mol. The van der Waals surface area contributed by atoms with Crippen LogP contribution in [0.2, 0.25) is 0 Å². The molecule has 3 heteroatoms. The predicted octanol–water partition coefficient (Wildman–Crippen LogP) is 1.59. The zero-order valence-corrected chi connectivity index (χ0v) is 7.92. The number of rotatable bonds is 0. The third-order valence-electron chi connectivity index (χ3n) is 1.76. The molecule has 0 saturated carbocycles. The van der Waals surface area contributed by atoms with E-state index in [4.69, 9.17) is 5.26 Å². The van der Waals surface area contributed by atoms with Gasteiger partial charge in [0.15, 0.2) is 0 Å². The van der Waals surface area contributed by atoms with Gasteiger partial charge in [-0.25, -0.2) is 0 Å². The molecule has 0 unspecified atom stereocenters. The van der Waals surface area contributed by atoms with Crippen molar-refractivity contribution < 1.29 is 0 Å². The van der Waals surface area contributed by atoms with E-state index < -0.39 is 0 Å². The number of aromatic nitrogens is 2. The first-order valence-electron chi connectivity index (χ1n) is 3.90. The Bertz CT molecular complexity index is 323. The fraction of sp³-hybridized carbons (Fsp3) is 0.556. The van der Waals surface area contributed by atoms with Crippen LogP contribution in [-0.2, 0) is 12.5 Å². The summed E-state index contributed by atoms with van der Waals surface area (Å²) in [4.78, 5) is 0. The summed E-state index contributed by atoms with van der Waals surface area (Å²) >= 11 is 0. The molecule has 0 radical (unpaired) electrons.